The Hall–Kier alpha value is -1.30. The van der Waals surface area contributed by atoms with Crippen molar-refractivity contribution in [3.05, 3.63) is 23.9 Å². The Morgan fingerprint density at radius 1 is 1.27 bits per heavy atom. The lowest BCUT2D eigenvalue weighted by Gasteiger charge is -2.22. The Bertz CT molecular complexity index is 683. The van der Waals surface area contributed by atoms with Crippen LogP contribution in [0.2, 0.25) is 0 Å². The first-order valence-electron chi connectivity index (χ1n) is 10.3. The van der Waals surface area contributed by atoms with Crippen LogP contribution in [0.1, 0.15) is 44.1 Å². The summed E-state index contributed by atoms with van der Waals surface area (Å²) in [6.45, 7) is 0.454. The van der Waals surface area contributed by atoms with Crippen molar-refractivity contribution in [3.8, 4) is 5.88 Å². The van der Waals surface area contributed by atoms with E-state index in [0.29, 0.717) is 37.9 Å². The molecule has 10 heteroatoms. The van der Waals surface area contributed by atoms with E-state index in [1.165, 1.54) is 24.2 Å². The average molecular weight is 541 g/mol. The summed E-state index contributed by atoms with van der Waals surface area (Å²) in [5, 5.41) is 6.44. The molecule has 1 saturated heterocycles. The number of halogens is 4. The molecular weight excluding hydrogens is 510 g/mol. The van der Waals surface area contributed by atoms with E-state index < -0.39 is 12.7 Å². The van der Waals surface area contributed by atoms with Crippen molar-refractivity contribution in [1.29, 1.82) is 0 Å². The zero-order chi connectivity index (χ0) is 20.7. The van der Waals surface area contributed by atoms with Crippen LogP contribution in [0.3, 0.4) is 0 Å². The first-order valence-corrected chi connectivity index (χ1v) is 10.3. The molecule has 1 saturated carbocycles. The molecule has 1 aromatic heterocycles. The molecule has 2 aliphatic rings. The van der Waals surface area contributed by atoms with Crippen molar-refractivity contribution in [2.24, 2.45) is 4.99 Å². The number of alkyl halides is 3. The summed E-state index contributed by atoms with van der Waals surface area (Å²) in [6.07, 6.45) is 4.32. The largest absolute Gasteiger partial charge is 0.474 e. The van der Waals surface area contributed by atoms with E-state index in [9.17, 15) is 13.2 Å². The molecule has 2 N–H and O–H groups in total. The number of aliphatic imine (C=N–C) groups is 1. The summed E-state index contributed by atoms with van der Waals surface area (Å²) in [6, 6.07) is 3.79. The lowest BCUT2D eigenvalue weighted by molar-refractivity contribution is -0.143. The third-order valence-electron chi connectivity index (χ3n) is 5.34. The van der Waals surface area contributed by atoms with Gasteiger partial charge in [0, 0.05) is 45.0 Å². The predicted molar refractivity (Wildman–Crippen MR) is 121 cm³/mol. The molecule has 1 aromatic rings. The highest BCUT2D eigenvalue weighted by molar-refractivity contribution is 14.0. The van der Waals surface area contributed by atoms with Gasteiger partial charge in [-0.3, -0.25) is 9.89 Å². The van der Waals surface area contributed by atoms with E-state index in [4.69, 9.17) is 4.74 Å². The Kier molecular flexibility index (Phi) is 9.92. The third kappa shape index (κ3) is 8.44. The number of hydrogen-bond acceptors (Lipinski definition) is 4. The van der Waals surface area contributed by atoms with E-state index in [2.05, 4.69) is 20.6 Å². The molecule has 170 valence electrons. The number of rotatable bonds is 6. The quantitative estimate of drug-likeness (QED) is 0.327. The van der Waals surface area contributed by atoms with Crippen LogP contribution in [-0.2, 0) is 6.54 Å². The molecule has 0 radical (unpaired) electrons. The lowest BCUT2D eigenvalue weighted by Crippen LogP contribution is -2.44. The van der Waals surface area contributed by atoms with Crippen LogP contribution in [0.25, 0.3) is 0 Å². The maximum atomic E-state index is 12.5. The zero-order valence-electron chi connectivity index (χ0n) is 17.2. The first kappa shape index (κ1) is 25.0. The second kappa shape index (κ2) is 11.9. The van der Waals surface area contributed by atoms with Gasteiger partial charge in [0.2, 0.25) is 5.88 Å². The number of nitrogens with one attached hydrogen (secondary N) is 2. The van der Waals surface area contributed by atoms with Gasteiger partial charge in [-0.2, -0.15) is 13.2 Å². The Balaban J connectivity index is 0.00000320. The van der Waals surface area contributed by atoms with Gasteiger partial charge in [-0.15, -0.1) is 24.0 Å². The van der Waals surface area contributed by atoms with Crippen LogP contribution in [0.15, 0.2) is 23.3 Å². The molecule has 1 aliphatic carbocycles. The van der Waals surface area contributed by atoms with Gasteiger partial charge in [0.1, 0.15) is 6.10 Å². The monoisotopic (exact) mass is 541 g/mol. The Labute approximate surface area is 193 Å². The molecule has 1 aliphatic heterocycles. The van der Waals surface area contributed by atoms with Gasteiger partial charge in [-0.05, 0) is 43.7 Å². The topological polar surface area (TPSA) is 61.8 Å². The molecule has 30 heavy (non-hydrogen) atoms. The number of guanidine groups is 1. The predicted octanol–water partition coefficient (Wildman–Crippen LogP) is 3.71. The van der Waals surface area contributed by atoms with Crippen LogP contribution in [-0.4, -0.2) is 60.8 Å². The van der Waals surface area contributed by atoms with Gasteiger partial charge in [0.15, 0.2) is 5.96 Å². The third-order valence-corrected chi connectivity index (χ3v) is 5.34. The molecule has 0 amide bonds. The molecule has 1 unspecified atom stereocenters. The van der Waals surface area contributed by atoms with Crippen molar-refractivity contribution >= 4 is 29.9 Å². The van der Waals surface area contributed by atoms with Gasteiger partial charge < -0.3 is 15.4 Å². The van der Waals surface area contributed by atoms with E-state index in [0.717, 1.165) is 18.4 Å². The van der Waals surface area contributed by atoms with Crippen LogP contribution in [0, 0.1) is 0 Å². The summed E-state index contributed by atoms with van der Waals surface area (Å²) in [7, 11) is 1.65. The standard InChI is InChI=1S/C20H30F3N5O.HI/c1-24-19(27-16-8-10-28(13-16)14-20(21,22)23)26-12-15-7-9-25-18(11-15)29-17-5-3-2-4-6-17;/h7,9,11,16-17H,2-6,8,10,12-14H2,1H3,(H2,24,26,27);1H. The highest BCUT2D eigenvalue weighted by Crippen LogP contribution is 2.23. The van der Waals surface area contributed by atoms with Crippen LogP contribution in [0.4, 0.5) is 13.2 Å². The molecule has 3 rings (SSSR count). The number of nitrogens with zero attached hydrogens (tertiary/aromatic N) is 3. The number of aromatic nitrogens is 1. The average Bonchev–Trinajstić information content (AvgIpc) is 3.11. The maximum absolute atomic E-state index is 12.5. The normalized spacial score (nSPS) is 21.2. The van der Waals surface area contributed by atoms with E-state index in [1.54, 1.807) is 13.2 Å². The lowest BCUT2D eigenvalue weighted by atomic mass is 9.98. The second-order valence-electron chi connectivity index (χ2n) is 7.79. The van der Waals surface area contributed by atoms with E-state index >= 15 is 0 Å². The minimum Gasteiger partial charge on any atom is -0.474 e. The molecule has 6 nitrogen and oxygen atoms in total. The molecule has 0 bridgehead atoms. The number of likely N-dealkylation sites (tertiary alicyclic amines) is 1. The minimum atomic E-state index is -4.16. The Morgan fingerprint density at radius 2 is 2.03 bits per heavy atom. The number of pyridine rings is 1. The molecule has 2 fully saturated rings. The SMILES string of the molecule is CN=C(NCc1ccnc(OC2CCCCC2)c1)NC1CCN(CC(F)(F)F)C1.I. The summed E-state index contributed by atoms with van der Waals surface area (Å²) in [5.74, 6) is 1.22. The molecule has 1 atom stereocenters. The maximum Gasteiger partial charge on any atom is 0.401 e. The molecule has 2 heterocycles. The highest BCUT2D eigenvalue weighted by Gasteiger charge is 2.34. The summed E-state index contributed by atoms with van der Waals surface area (Å²) < 4.78 is 43.6. The van der Waals surface area contributed by atoms with Crippen LogP contribution in [0.5, 0.6) is 5.88 Å². The fourth-order valence-electron chi connectivity index (χ4n) is 3.90. The van der Waals surface area contributed by atoms with E-state index in [1.807, 2.05) is 12.1 Å². The molecule has 0 aromatic carbocycles. The van der Waals surface area contributed by atoms with E-state index in [-0.39, 0.29) is 36.1 Å². The van der Waals surface area contributed by atoms with Crippen molar-refractivity contribution in [2.45, 2.75) is 63.4 Å². The van der Waals surface area contributed by atoms with Gasteiger partial charge in [-0.25, -0.2) is 4.98 Å². The van der Waals surface area contributed by atoms with Gasteiger partial charge in [0.05, 0.1) is 6.54 Å². The highest BCUT2D eigenvalue weighted by atomic mass is 127. The minimum absolute atomic E-state index is 0. The number of ether oxygens (including phenoxy) is 1. The van der Waals surface area contributed by atoms with Crippen LogP contribution < -0.4 is 15.4 Å². The second-order valence-corrected chi connectivity index (χ2v) is 7.79. The fraction of sp³-hybridized carbons (Fsp3) is 0.700. The van der Waals surface area contributed by atoms with Gasteiger partial charge in [-0.1, -0.05) is 6.42 Å². The fourth-order valence-corrected chi connectivity index (χ4v) is 3.90. The number of hydrogen-bond donors (Lipinski definition) is 2. The smallest absolute Gasteiger partial charge is 0.401 e. The summed E-state index contributed by atoms with van der Waals surface area (Å²) >= 11 is 0. The van der Waals surface area contributed by atoms with Crippen molar-refractivity contribution in [3.63, 3.8) is 0 Å². The molecule has 0 spiro atoms. The molecular formula is C20H31F3IN5O. The summed E-state index contributed by atoms with van der Waals surface area (Å²) in [4.78, 5) is 9.92. The van der Waals surface area contributed by atoms with Crippen molar-refractivity contribution in [2.75, 3.05) is 26.7 Å². The zero-order valence-corrected chi connectivity index (χ0v) is 19.6. The van der Waals surface area contributed by atoms with Crippen molar-refractivity contribution in [1.82, 2.24) is 20.5 Å². The summed E-state index contributed by atoms with van der Waals surface area (Å²) in [5.41, 5.74) is 1.01. The Morgan fingerprint density at radius 3 is 2.73 bits per heavy atom. The van der Waals surface area contributed by atoms with Crippen molar-refractivity contribution < 1.29 is 17.9 Å². The first-order chi connectivity index (χ1) is 13.9. The van der Waals surface area contributed by atoms with Crippen LogP contribution >= 0.6 is 24.0 Å². The van der Waals surface area contributed by atoms with Gasteiger partial charge in [0.25, 0.3) is 0 Å². The van der Waals surface area contributed by atoms with Gasteiger partial charge >= 0.3 is 6.18 Å².